The summed E-state index contributed by atoms with van der Waals surface area (Å²) in [4.78, 5) is 13.4. The molecule has 0 spiro atoms. The second-order valence-electron chi connectivity index (χ2n) is 5.46. The van der Waals surface area contributed by atoms with Crippen LogP contribution in [-0.4, -0.2) is 20.8 Å². The van der Waals surface area contributed by atoms with E-state index in [1.54, 1.807) is 0 Å². The summed E-state index contributed by atoms with van der Waals surface area (Å²) in [6, 6.07) is 29.1. The van der Waals surface area contributed by atoms with Crippen molar-refractivity contribution >= 4 is 47.5 Å². The Balaban J connectivity index is 1.97. The van der Waals surface area contributed by atoms with Crippen LogP contribution in [0.25, 0.3) is 10.8 Å². The van der Waals surface area contributed by atoms with Crippen molar-refractivity contribution in [2.24, 2.45) is 0 Å². The summed E-state index contributed by atoms with van der Waals surface area (Å²) in [5.41, 5.74) is 2.26. The number of hydrogen-bond donors (Lipinski definition) is 0. The van der Waals surface area contributed by atoms with Crippen LogP contribution in [0.4, 0.5) is 15.9 Å². The van der Waals surface area contributed by atoms with Gasteiger partial charge in [-0.05, 0) is 0 Å². The molecule has 0 aliphatic heterocycles. The number of nitrogens with zero attached hydrogens (tertiary/aromatic N) is 1. The van der Waals surface area contributed by atoms with Crippen molar-refractivity contribution in [2.45, 2.75) is 0 Å². The maximum absolute atomic E-state index is 11.2. The number of fused-ring (bicyclic) bond motifs is 1. The molecule has 4 aromatic rings. The van der Waals surface area contributed by atoms with E-state index in [0.717, 1.165) is 22.1 Å². The fourth-order valence-electron chi connectivity index (χ4n) is 2.89. The second-order valence-corrected chi connectivity index (χ2v) is 7.76. The molecular formula is C21H15NOSe. The van der Waals surface area contributed by atoms with E-state index in [-0.39, 0.29) is 14.5 Å². The molecular weight excluding hydrogens is 361 g/mol. The van der Waals surface area contributed by atoms with Crippen molar-refractivity contribution in [2.75, 3.05) is 4.90 Å². The Morgan fingerprint density at radius 2 is 1.50 bits per heavy atom. The van der Waals surface area contributed by atoms with Crippen molar-refractivity contribution < 1.29 is 4.79 Å². The van der Waals surface area contributed by atoms with Gasteiger partial charge in [0.1, 0.15) is 0 Å². The molecule has 0 aliphatic rings. The maximum atomic E-state index is 11.2. The summed E-state index contributed by atoms with van der Waals surface area (Å²) < 4.78 is 2.05. The fraction of sp³-hybridized carbons (Fsp3) is 0. The molecule has 1 heterocycles. The monoisotopic (exact) mass is 377 g/mol. The van der Waals surface area contributed by atoms with Crippen LogP contribution >= 0.6 is 0 Å². The molecule has 0 aliphatic carbocycles. The van der Waals surface area contributed by atoms with Crippen molar-refractivity contribution in [3.63, 3.8) is 0 Å². The zero-order valence-corrected chi connectivity index (χ0v) is 14.6. The van der Waals surface area contributed by atoms with E-state index in [0.29, 0.717) is 0 Å². The normalized spacial score (nSPS) is 10.7. The molecule has 0 atom stereocenters. The molecule has 2 nitrogen and oxygen atoms in total. The van der Waals surface area contributed by atoms with Gasteiger partial charge in [0.15, 0.2) is 0 Å². The Morgan fingerprint density at radius 1 is 0.750 bits per heavy atom. The minimum atomic E-state index is 0.0224. The van der Waals surface area contributed by atoms with E-state index in [4.69, 9.17) is 0 Å². The summed E-state index contributed by atoms with van der Waals surface area (Å²) in [6.45, 7) is 0. The number of rotatable bonds is 4. The standard InChI is InChI=1S/C21H15NOSe/c23-15-18-13-14-21(24-18)22(17-9-2-1-3-10-17)20-12-6-8-16-7-4-5-11-19(16)20/h1-15H. The molecule has 0 N–H and O–H groups in total. The molecule has 3 aromatic carbocycles. The van der Waals surface area contributed by atoms with Gasteiger partial charge in [-0.3, -0.25) is 0 Å². The molecule has 0 radical (unpaired) electrons. The first-order valence-electron chi connectivity index (χ1n) is 7.75. The van der Waals surface area contributed by atoms with Crippen molar-refractivity contribution in [1.82, 2.24) is 0 Å². The Kier molecular flexibility index (Phi) is 4.04. The van der Waals surface area contributed by atoms with E-state index < -0.39 is 0 Å². The molecule has 4 rings (SSSR count). The molecule has 24 heavy (non-hydrogen) atoms. The van der Waals surface area contributed by atoms with Crippen LogP contribution in [0.15, 0.2) is 84.9 Å². The molecule has 0 fully saturated rings. The summed E-state index contributed by atoms with van der Waals surface area (Å²) in [6.07, 6.45) is 0.968. The third kappa shape index (κ3) is 2.69. The van der Waals surface area contributed by atoms with Gasteiger partial charge in [0.2, 0.25) is 0 Å². The SMILES string of the molecule is O=Cc1ccc(N(c2ccccc2)c2cccc3ccccc23)[se]1. The Morgan fingerprint density at radius 3 is 2.29 bits per heavy atom. The summed E-state index contributed by atoms with van der Waals surface area (Å²) in [5.74, 6) is 0. The number of hydrogen-bond acceptors (Lipinski definition) is 2. The van der Waals surface area contributed by atoms with Gasteiger partial charge in [0.05, 0.1) is 0 Å². The summed E-state index contributed by atoms with van der Waals surface area (Å²) in [7, 11) is 0. The zero-order valence-electron chi connectivity index (χ0n) is 12.9. The number of anilines is 3. The van der Waals surface area contributed by atoms with Gasteiger partial charge in [-0.2, -0.15) is 0 Å². The van der Waals surface area contributed by atoms with Crippen molar-refractivity contribution in [3.8, 4) is 0 Å². The summed E-state index contributed by atoms with van der Waals surface area (Å²) >= 11 is 0.0224. The first-order valence-corrected chi connectivity index (χ1v) is 9.46. The van der Waals surface area contributed by atoms with E-state index >= 15 is 0 Å². The molecule has 0 saturated heterocycles. The Labute approximate surface area is 146 Å². The fourth-order valence-corrected chi connectivity index (χ4v) is 4.69. The zero-order chi connectivity index (χ0) is 16.4. The van der Waals surface area contributed by atoms with Crippen molar-refractivity contribution in [1.29, 1.82) is 0 Å². The average molecular weight is 376 g/mol. The topological polar surface area (TPSA) is 20.3 Å². The van der Waals surface area contributed by atoms with Crippen LogP contribution in [-0.2, 0) is 0 Å². The number of aldehydes is 1. The molecule has 116 valence electrons. The number of benzene rings is 3. The van der Waals surface area contributed by atoms with Crippen LogP contribution < -0.4 is 4.90 Å². The van der Waals surface area contributed by atoms with Gasteiger partial charge < -0.3 is 0 Å². The van der Waals surface area contributed by atoms with Gasteiger partial charge in [-0.25, -0.2) is 0 Å². The van der Waals surface area contributed by atoms with Gasteiger partial charge in [0, 0.05) is 0 Å². The molecule has 0 amide bonds. The quantitative estimate of drug-likeness (QED) is 0.361. The number of para-hydroxylation sites is 1. The van der Waals surface area contributed by atoms with Gasteiger partial charge >= 0.3 is 147 Å². The van der Waals surface area contributed by atoms with Crippen LogP contribution in [0.1, 0.15) is 9.23 Å². The number of carbonyl (C=O) groups is 1. The molecule has 3 heteroatoms. The van der Waals surface area contributed by atoms with Gasteiger partial charge in [-0.15, -0.1) is 0 Å². The third-order valence-electron chi connectivity index (χ3n) is 3.97. The predicted octanol–water partition coefficient (Wildman–Crippen LogP) is 5.18. The van der Waals surface area contributed by atoms with Gasteiger partial charge in [0.25, 0.3) is 0 Å². The van der Waals surface area contributed by atoms with Gasteiger partial charge in [-0.1, -0.05) is 0 Å². The molecule has 0 saturated carbocycles. The van der Waals surface area contributed by atoms with Crippen LogP contribution in [0.5, 0.6) is 0 Å². The number of carbonyl (C=O) groups excluding carboxylic acids is 1. The Bertz CT molecular complexity index is 986. The molecule has 0 bridgehead atoms. The second kappa shape index (κ2) is 6.48. The molecule has 1 aromatic heterocycles. The van der Waals surface area contributed by atoms with E-state index in [1.165, 1.54) is 15.3 Å². The van der Waals surface area contributed by atoms with E-state index in [1.807, 2.05) is 24.3 Å². The van der Waals surface area contributed by atoms with E-state index in [9.17, 15) is 4.79 Å². The van der Waals surface area contributed by atoms with Crippen LogP contribution in [0.3, 0.4) is 0 Å². The van der Waals surface area contributed by atoms with Crippen LogP contribution in [0, 0.1) is 0 Å². The first-order chi connectivity index (χ1) is 11.9. The van der Waals surface area contributed by atoms with E-state index in [2.05, 4.69) is 65.6 Å². The minimum absolute atomic E-state index is 0.0224. The summed E-state index contributed by atoms with van der Waals surface area (Å²) in [5, 5.41) is 2.42. The third-order valence-corrected chi connectivity index (χ3v) is 6.06. The van der Waals surface area contributed by atoms with Crippen LogP contribution in [0.2, 0.25) is 0 Å². The Hall–Kier alpha value is -2.61. The average Bonchev–Trinajstić information content (AvgIpc) is 3.12. The predicted molar refractivity (Wildman–Crippen MR) is 101 cm³/mol. The van der Waals surface area contributed by atoms with Crippen molar-refractivity contribution in [3.05, 3.63) is 89.4 Å². The first kappa shape index (κ1) is 14.9. The molecule has 0 unspecified atom stereocenters.